The van der Waals surface area contributed by atoms with Gasteiger partial charge in [-0.05, 0) is 49.8 Å². The number of rotatable bonds is 4. The highest BCUT2D eigenvalue weighted by Gasteiger charge is 2.17. The third kappa shape index (κ3) is 3.49. The molecule has 126 valence electrons. The highest BCUT2D eigenvalue weighted by molar-refractivity contribution is 6.32. The summed E-state index contributed by atoms with van der Waals surface area (Å²) in [5.41, 5.74) is 3.71. The number of hydrogen-bond donors (Lipinski definition) is 1. The molecule has 0 spiro atoms. The van der Waals surface area contributed by atoms with Crippen molar-refractivity contribution in [2.75, 3.05) is 0 Å². The van der Waals surface area contributed by atoms with Crippen molar-refractivity contribution in [3.05, 3.63) is 82.1 Å². The predicted molar refractivity (Wildman–Crippen MR) is 99.5 cm³/mol. The fraction of sp³-hybridized carbons (Fsp3) is 0.100. The first-order chi connectivity index (χ1) is 12.0. The van der Waals surface area contributed by atoms with Crippen molar-refractivity contribution in [3.63, 3.8) is 0 Å². The molecular weight excluding hydrogens is 336 g/mol. The van der Waals surface area contributed by atoms with Gasteiger partial charge in [0.1, 0.15) is 5.75 Å². The maximum atomic E-state index is 12.6. The lowest BCUT2D eigenvalue weighted by Gasteiger charge is -2.04. The van der Waals surface area contributed by atoms with Crippen LogP contribution in [0.15, 0.2) is 54.6 Å². The molecule has 1 aromatic heterocycles. The summed E-state index contributed by atoms with van der Waals surface area (Å²) in [5.74, 6) is -0.109. The molecule has 3 rings (SSSR count). The molecule has 1 N–H and O–H groups in total. The molecule has 5 heteroatoms. The van der Waals surface area contributed by atoms with Gasteiger partial charge in [0, 0.05) is 0 Å². The number of hydrogen-bond acceptors (Lipinski definition) is 3. The predicted octanol–water partition coefficient (Wildman–Crippen LogP) is 4.74. The van der Waals surface area contributed by atoms with E-state index >= 15 is 0 Å². The molecule has 4 nitrogen and oxygen atoms in total. The van der Waals surface area contributed by atoms with Gasteiger partial charge in [0.25, 0.3) is 0 Å². The van der Waals surface area contributed by atoms with E-state index in [0.29, 0.717) is 11.3 Å². The first-order valence-corrected chi connectivity index (χ1v) is 8.17. The number of phenols is 1. The molecule has 0 saturated heterocycles. The fourth-order valence-electron chi connectivity index (χ4n) is 2.70. The second-order valence-electron chi connectivity index (χ2n) is 5.70. The van der Waals surface area contributed by atoms with Crippen LogP contribution in [-0.2, 0) is 0 Å². The van der Waals surface area contributed by atoms with Crippen molar-refractivity contribution in [2.24, 2.45) is 0 Å². The molecule has 0 aliphatic carbocycles. The Morgan fingerprint density at radius 2 is 1.88 bits per heavy atom. The molecule has 25 heavy (non-hydrogen) atoms. The van der Waals surface area contributed by atoms with E-state index in [1.807, 2.05) is 44.2 Å². The van der Waals surface area contributed by atoms with E-state index in [9.17, 15) is 9.90 Å². The number of aromatic nitrogens is 2. The summed E-state index contributed by atoms with van der Waals surface area (Å²) in [5, 5.41) is 14.2. The van der Waals surface area contributed by atoms with E-state index in [1.54, 1.807) is 22.9 Å². The van der Waals surface area contributed by atoms with E-state index in [0.717, 1.165) is 16.9 Å². The molecule has 0 aliphatic rings. The normalized spacial score (nSPS) is 11.2. The lowest BCUT2D eigenvalue weighted by Crippen LogP contribution is -2.01. The Kier molecular flexibility index (Phi) is 4.72. The van der Waals surface area contributed by atoms with Crippen molar-refractivity contribution in [1.82, 2.24) is 9.78 Å². The highest BCUT2D eigenvalue weighted by Crippen LogP contribution is 2.24. The minimum atomic E-state index is -0.124. The van der Waals surface area contributed by atoms with Crippen LogP contribution in [0.1, 0.15) is 27.3 Å². The molecule has 2 aromatic carbocycles. The Morgan fingerprint density at radius 1 is 1.16 bits per heavy atom. The number of nitrogens with zero attached hydrogens (tertiary/aromatic N) is 2. The van der Waals surface area contributed by atoms with Crippen molar-refractivity contribution < 1.29 is 9.90 Å². The SMILES string of the molecule is Cc1nn(-c2ccccc2)c(C)c1C(=O)C=Cc1ccc(O)c(Cl)c1. The second kappa shape index (κ2) is 6.95. The van der Waals surface area contributed by atoms with Gasteiger partial charge in [-0.3, -0.25) is 4.79 Å². The van der Waals surface area contributed by atoms with Crippen LogP contribution < -0.4 is 0 Å². The quantitative estimate of drug-likeness (QED) is 0.544. The number of carbonyl (C=O) groups is 1. The van der Waals surface area contributed by atoms with Crippen LogP contribution in [0.5, 0.6) is 5.75 Å². The number of halogens is 1. The lowest BCUT2D eigenvalue weighted by atomic mass is 10.1. The molecule has 0 bridgehead atoms. The van der Waals surface area contributed by atoms with Gasteiger partial charge in [-0.25, -0.2) is 4.68 Å². The zero-order chi connectivity index (χ0) is 18.0. The summed E-state index contributed by atoms with van der Waals surface area (Å²) in [4.78, 5) is 12.6. The van der Waals surface area contributed by atoms with Crippen LogP contribution >= 0.6 is 11.6 Å². The van der Waals surface area contributed by atoms with Gasteiger partial charge in [-0.2, -0.15) is 5.10 Å². The van der Waals surface area contributed by atoms with Gasteiger partial charge in [-0.1, -0.05) is 41.9 Å². The third-order valence-electron chi connectivity index (χ3n) is 3.94. The number of aromatic hydroxyl groups is 1. The van der Waals surface area contributed by atoms with Crippen molar-refractivity contribution in [1.29, 1.82) is 0 Å². The summed E-state index contributed by atoms with van der Waals surface area (Å²) in [6.45, 7) is 3.70. The Balaban J connectivity index is 1.91. The number of ketones is 1. The second-order valence-corrected chi connectivity index (χ2v) is 6.11. The summed E-state index contributed by atoms with van der Waals surface area (Å²) < 4.78 is 1.77. The third-order valence-corrected chi connectivity index (χ3v) is 4.24. The number of phenolic OH excluding ortho intramolecular Hbond substituents is 1. The highest BCUT2D eigenvalue weighted by atomic mass is 35.5. The summed E-state index contributed by atoms with van der Waals surface area (Å²) in [7, 11) is 0. The largest absolute Gasteiger partial charge is 0.506 e. The van der Waals surface area contributed by atoms with E-state index < -0.39 is 0 Å². The monoisotopic (exact) mass is 352 g/mol. The molecule has 0 unspecified atom stereocenters. The minimum absolute atomic E-state index is 0.0148. The van der Waals surface area contributed by atoms with Crippen molar-refractivity contribution in [3.8, 4) is 11.4 Å². The first-order valence-electron chi connectivity index (χ1n) is 7.80. The van der Waals surface area contributed by atoms with Gasteiger partial charge >= 0.3 is 0 Å². The van der Waals surface area contributed by atoms with Gasteiger partial charge in [-0.15, -0.1) is 0 Å². The van der Waals surface area contributed by atoms with Gasteiger partial charge in [0.05, 0.1) is 27.7 Å². The zero-order valence-corrected chi connectivity index (χ0v) is 14.7. The topological polar surface area (TPSA) is 55.1 Å². The van der Waals surface area contributed by atoms with Crippen molar-refractivity contribution in [2.45, 2.75) is 13.8 Å². The molecule has 1 heterocycles. The number of allylic oxidation sites excluding steroid dienone is 1. The summed E-state index contributed by atoms with van der Waals surface area (Å²) >= 11 is 5.89. The Morgan fingerprint density at radius 3 is 2.56 bits per heavy atom. The van der Waals surface area contributed by atoms with Gasteiger partial charge < -0.3 is 5.11 Å². The maximum Gasteiger partial charge on any atom is 0.189 e. The lowest BCUT2D eigenvalue weighted by molar-refractivity contribution is 0.104. The maximum absolute atomic E-state index is 12.6. The van der Waals surface area contributed by atoms with Gasteiger partial charge in [0.2, 0.25) is 0 Å². The Labute approximate surface area is 151 Å². The van der Waals surface area contributed by atoms with E-state index in [1.165, 1.54) is 12.1 Å². The van der Waals surface area contributed by atoms with Crippen LogP contribution in [0.2, 0.25) is 5.02 Å². The summed E-state index contributed by atoms with van der Waals surface area (Å²) in [6.07, 6.45) is 3.17. The van der Waals surface area contributed by atoms with Crippen LogP contribution in [0.25, 0.3) is 11.8 Å². The molecule has 0 amide bonds. The molecule has 0 saturated carbocycles. The standard InChI is InChI=1S/C20H17ClN2O2/c1-13-20(14(2)23(22-13)16-6-4-3-5-7-16)19(25)11-9-15-8-10-18(24)17(21)12-15/h3-12,24H,1-2H3. The van der Waals surface area contributed by atoms with Crippen LogP contribution in [0, 0.1) is 13.8 Å². The molecule has 0 fully saturated rings. The first kappa shape index (κ1) is 17.0. The fourth-order valence-corrected chi connectivity index (χ4v) is 2.89. The number of para-hydroxylation sites is 1. The van der Waals surface area contributed by atoms with Crippen molar-refractivity contribution >= 4 is 23.5 Å². The van der Waals surface area contributed by atoms with Crippen LogP contribution in [0.4, 0.5) is 0 Å². The average molecular weight is 353 g/mol. The van der Waals surface area contributed by atoms with E-state index in [-0.39, 0.29) is 16.6 Å². The average Bonchev–Trinajstić information content (AvgIpc) is 2.91. The van der Waals surface area contributed by atoms with E-state index in [4.69, 9.17) is 11.6 Å². The zero-order valence-electron chi connectivity index (χ0n) is 13.9. The number of aryl methyl sites for hydroxylation is 1. The number of benzene rings is 2. The minimum Gasteiger partial charge on any atom is -0.506 e. The Hall–Kier alpha value is -2.85. The van der Waals surface area contributed by atoms with E-state index in [2.05, 4.69) is 5.10 Å². The van der Waals surface area contributed by atoms with Gasteiger partial charge in [0.15, 0.2) is 5.78 Å². The molecule has 0 radical (unpaired) electrons. The summed E-state index contributed by atoms with van der Waals surface area (Å²) in [6, 6.07) is 14.5. The smallest absolute Gasteiger partial charge is 0.189 e. The van der Waals surface area contributed by atoms with Crippen LogP contribution in [-0.4, -0.2) is 20.7 Å². The van der Waals surface area contributed by atoms with Crippen LogP contribution in [0.3, 0.4) is 0 Å². The molecule has 3 aromatic rings. The molecule has 0 aliphatic heterocycles. The molecular formula is C20H17ClN2O2. The Bertz CT molecular complexity index is 959. The number of carbonyl (C=O) groups excluding carboxylic acids is 1. The molecule has 0 atom stereocenters.